The minimum Gasteiger partial charge on any atom is -0.385 e. The van der Waals surface area contributed by atoms with Gasteiger partial charge in [0.2, 0.25) is 5.82 Å². The summed E-state index contributed by atoms with van der Waals surface area (Å²) in [5.74, 6) is 0.631. The molecule has 1 aromatic heterocycles. The normalized spacial score (nSPS) is 15.2. The molecule has 0 radical (unpaired) electrons. The SMILES string of the molecule is OC(c1nnn(C(c2ccccc2)(c2ccccc2)c2ccccc2)n1)C1CC1. The van der Waals surface area contributed by atoms with Crippen LogP contribution in [0.1, 0.15) is 41.5 Å². The lowest BCUT2D eigenvalue weighted by atomic mass is 9.77. The first-order chi connectivity index (χ1) is 14.3. The van der Waals surface area contributed by atoms with Gasteiger partial charge in [0.05, 0.1) is 0 Å². The number of rotatable bonds is 6. The third kappa shape index (κ3) is 3.04. The van der Waals surface area contributed by atoms with E-state index in [1.54, 1.807) is 4.80 Å². The molecule has 1 unspecified atom stereocenters. The van der Waals surface area contributed by atoms with Gasteiger partial charge in [0.15, 0.2) is 5.54 Å². The second-order valence-electron chi connectivity index (χ2n) is 7.53. The summed E-state index contributed by atoms with van der Waals surface area (Å²) < 4.78 is 0. The smallest absolute Gasteiger partial charge is 0.203 e. The zero-order valence-corrected chi connectivity index (χ0v) is 16.0. The summed E-state index contributed by atoms with van der Waals surface area (Å²) in [6, 6.07) is 30.6. The van der Waals surface area contributed by atoms with Gasteiger partial charge in [-0.15, -0.1) is 15.0 Å². The van der Waals surface area contributed by atoms with E-state index in [1.165, 1.54) is 0 Å². The van der Waals surface area contributed by atoms with Crippen LogP contribution in [0.2, 0.25) is 0 Å². The molecule has 1 aliphatic carbocycles. The number of aromatic nitrogens is 4. The molecule has 3 aromatic carbocycles. The van der Waals surface area contributed by atoms with E-state index in [0.717, 1.165) is 29.5 Å². The molecule has 4 aromatic rings. The van der Waals surface area contributed by atoms with Crippen LogP contribution in [0, 0.1) is 5.92 Å². The van der Waals surface area contributed by atoms with Crippen molar-refractivity contribution in [2.75, 3.05) is 0 Å². The van der Waals surface area contributed by atoms with Crippen LogP contribution in [0.4, 0.5) is 0 Å². The molecule has 0 spiro atoms. The lowest BCUT2D eigenvalue weighted by Crippen LogP contribution is -2.39. The van der Waals surface area contributed by atoms with Gasteiger partial charge in [0.25, 0.3) is 0 Å². The summed E-state index contributed by atoms with van der Waals surface area (Å²) in [4.78, 5) is 1.66. The van der Waals surface area contributed by atoms with Crippen molar-refractivity contribution in [1.82, 2.24) is 20.2 Å². The summed E-state index contributed by atoms with van der Waals surface area (Å²) in [7, 11) is 0. The van der Waals surface area contributed by atoms with Gasteiger partial charge >= 0.3 is 0 Å². The van der Waals surface area contributed by atoms with Crippen LogP contribution in [0.25, 0.3) is 0 Å². The highest BCUT2D eigenvalue weighted by Crippen LogP contribution is 2.42. The van der Waals surface area contributed by atoms with Crippen molar-refractivity contribution >= 4 is 0 Å². The zero-order chi connectivity index (χ0) is 19.7. The highest BCUT2D eigenvalue weighted by atomic mass is 16.3. The minimum absolute atomic E-state index is 0.243. The molecule has 1 N–H and O–H groups in total. The van der Waals surface area contributed by atoms with Crippen molar-refractivity contribution in [3.8, 4) is 0 Å². The molecule has 5 nitrogen and oxygen atoms in total. The molecule has 0 saturated heterocycles. The Balaban J connectivity index is 1.79. The predicted octanol–water partition coefficient (Wildman–Crippen LogP) is 3.96. The Morgan fingerprint density at radius 1 is 0.759 bits per heavy atom. The fraction of sp³-hybridized carbons (Fsp3) is 0.208. The summed E-state index contributed by atoms with van der Waals surface area (Å²) in [5.41, 5.74) is 2.30. The van der Waals surface area contributed by atoms with Crippen molar-refractivity contribution < 1.29 is 5.11 Å². The first-order valence-electron chi connectivity index (χ1n) is 9.95. The van der Waals surface area contributed by atoms with Crippen LogP contribution >= 0.6 is 0 Å². The van der Waals surface area contributed by atoms with Crippen molar-refractivity contribution in [3.63, 3.8) is 0 Å². The molecule has 1 heterocycles. The standard InChI is InChI=1S/C24H22N4O/c29-22(18-16-17-18)23-25-27-28(26-23)24(19-10-4-1-5-11-19,20-12-6-2-7-13-20)21-14-8-3-9-15-21/h1-15,18,22,29H,16-17H2. The Labute approximate surface area is 169 Å². The van der Waals surface area contributed by atoms with Crippen LogP contribution in [0.3, 0.4) is 0 Å². The highest BCUT2D eigenvalue weighted by molar-refractivity contribution is 5.49. The molecular weight excluding hydrogens is 360 g/mol. The Morgan fingerprint density at radius 2 is 1.21 bits per heavy atom. The van der Waals surface area contributed by atoms with Gasteiger partial charge in [-0.1, -0.05) is 91.0 Å². The molecule has 0 amide bonds. The van der Waals surface area contributed by atoms with Gasteiger partial charge in [-0.05, 0) is 40.7 Å². The molecule has 0 bridgehead atoms. The van der Waals surface area contributed by atoms with Gasteiger partial charge < -0.3 is 5.11 Å². The summed E-state index contributed by atoms with van der Waals surface area (Å²) >= 11 is 0. The lowest BCUT2D eigenvalue weighted by Gasteiger charge is -2.34. The van der Waals surface area contributed by atoms with E-state index in [-0.39, 0.29) is 5.92 Å². The Morgan fingerprint density at radius 3 is 1.62 bits per heavy atom. The third-order valence-corrected chi connectivity index (χ3v) is 5.64. The maximum Gasteiger partial charge on any atom is 0.203 e. The van der Waals surface area contributed by atoms with E-state index < -0.39 is 11.6 Å². The molecule has 1 fully saturated rings. The van der Waals surface area contributed by atoms with Crippen molar-refractivity contribution in [2.24, 2.45) is 5.92 Å². The first kappa shape index (κ1) is 17.8. The van der Waals surface area contributed by atoms with Crippen molar-refractivity contribution in [3.05, 3.63) is 114 Å². The molecule has 29 heavy (non-hydrogen) atoms. The third-order valence-electron chi connectivity index (χ3n) is 5.64. The minimum atomic E-state index is -0.793. The Bertz CT molecular complexity index is 979. The van der Waals surface area contributed by atoms with Crippen LogP contribution in [0.5, 0.6) is 0 Å². The average Bonchev–Trinajstić information content (AvgIpc) is 3.53. The number of benzene rings is 3. The quantitative estimate of drug-likeness (QED) is 0.513. The topological polar surface area (TPSA) is 63.8 Å². The molecule has 0 aliphatic heterocycles. The number of aliphatic hydroxyl groups is 1. The summed E-state index contributed by atoms with van der Waals surface area (Å²) in [5, 5.41) is 24.0. The molecule has 1 aliphatic rings. The number of hydrogen-bond donors (Lipinski definition) is 1. The summed E-state index contributed by atoms with van der Waals surface area (Å²) in [6.07, 6.45) is 1.36. The second-order valence-corrected chi connectivity index (χ2v) is 7.53. The summed E-state index contributed by atoms with van der Waals surface area (Å²) in [6.45, 7) is 0. The zero-order valence-electron chi connectivity index (χ0n) is 16.0. The van der Waals surface area contributed by atoms with Gasteiger partial charge in [-0.25, -0.2) is 0 Å². The molecule has 1 atom stereocenters. The number of nitrogens with zero attached hydrogens (tertiary/aromatic N) is 4. The van der Waals surface area contributed by atoms with Gasteiger partial charge in [0, 0.05) is 0 Å². The van der Waals surface area contributed by atoms with Gasteiger partial charge in [0.1, 0.15) is 6.10 Å². The number of tetrazole rings is 1. The molecule has 5 heteroatoms. The maximum atomic E-state index is 10.6. The molecular formula is C24H22N4O. The van der Waals surface area contributed by atoms with Gasteiger partial charge in [-0.2, -0.15) is 0 Å². The second kappa shape index (κ2) is 7.26. The molecule has 1 saturated carbocycles. The highest BCUT2D eigenvalue weighted by Gasteiger charge is 2.42. The van der Waals surface area contributed by atoms with Crippen LogP contribution in [-0.2, 0) is 5.54 Å². The lowest BCUT2D eigenvalue weighted by molar-refractivity contribution is 0.143. The molecule has 144 valence electrons. The van der Waals surface area contributed by atoms with Crippen LogP contribution < -0.4 is 0 Å². The largest absolute Gasteiger partial charge is 0.385 e. The van der Waals surface area contributed by atoms with Crippen molar-refractivity contribution in [1.29, 1.82) is 0 Å². The number of hydrogen-bond acceptors (Lipinski definition) is 4. The molecule has 5 rings (SSSR count). The van der Waals surface area contributed by atoms with E-state index in [0.29, 0.717) is 5.82 Å². The Hall–Kier alpha value is -3.31. The van der Waals surface area contributed by atoms with Crippen LogP contribution in [-0.4, -0.2) is 25.3 Å². The van der Waals surface area contributed by atoms with E-state index in [9.17, 15) is 5.11 Å². The predicted molar refractivity (Wildman–Crippen MR) is 110 cm³/mol. The van der Waals surface area contributed by atoms with E-state index in [4.69, 9.17) is 5.10 Å². The fourth-order valence-electron chi connectivity index (χ4n) is 3.99. The average molecular weight is 382 g/mol. The number of aliphatic hydroxyl groups excluding tert-OH is 1. The van der Waals surface area contributed by atoms with E-state index in [2.05, 4.69) is 46.7 Å². The van der Waals surface area contributed by atoms with Crippen LogP contribution in [0.15, 0.2) is 91.0 Å². The van der Waals surface area contributed by atoms with Crippen molar-refractivity contribution in [2.45, 2.75) is 24.5 Å². The maximum absolute atomic E-state index is 10.6. The monoisotopic (exact) mass is 382 g/mol. The van der Waals surface area contributed by atoms with Gasteiger partial charge in [-0.3, -0.25) is 0 Å². The fourth-order valence-corrected chi connectivity index (χ4v) is 3.99. The van der Waals surface area contributed by atoms with E-state index in [1.807, 2.05) is 54.6 Å². The first-order valence-corrected chi connectivity index (χ1v) is 9.95. The Kier molecular flexibility index (Phi) is 4.45. The van der Waals surface area contributed by atoms with E-state index >= 15 is 0 Å².